The number of ether oxygens (including phenoxy) is 2. The second-order valence-electron chi connectivity index (χ2n) is 4.26. The molecule has 0 fully saturated rings. The summed E-state index contributed by atoms with van der Waals surface area (Å²) >= 11 is 0. The average molecular weight is 274 g/mol. The Kier molecular flexibility index (Phi) is 4.34. The van der Waals surface area contributed by atoms with Gasteiger partial charge in [-0.1, -0.05) is 12.1 Å². The van der Waals surface area contributed by atoms with Crippen LogP contribution in [0.2, 0.25) is 0 Å². The van der Waals surface area contributed by atoms with Crippen LogP contribution in [0, 0.1) is 13.8 Å². The van der Waals surface area contributed by atoms with Crippen molar-refractivity contribution in [1.29, 1.82) is 0 Å². The zero-order valence-corrected chi connectivity index (χ0v) is 12.1. The van der Waals surface area contributed by atoms with Gasteiger partial charge < -0.3 is 14.8 Å². The average Bonchev–Trinajstić information content (AvgIpc) is 2.44. The molecule has 0 aliphatic heterocycles. The molecule has 0 unspecified atom stereocenters. The van der Waals surface area contributed by atoms with Crippen molar-refractivity contribution in [2.75, 3.05) is 19.0 Å². The number of nitrogens with zero attached hydrogens (tertiary/aromatic N) is 3. The third-order valence-corrected chi connectivity index (χ3v) is 2.87. The lowest BCUT2D eigenvalue weighted by Gasteiger charge is -2.10. The van der Waals surface area contributed by atoms with Crippen LogP contribution in [0.15, 0.2) is 18.2 Å². The van der Waals surface area contributed by atoms with Gasteiger partial charge in [-0.15, -0.1) is 4.98 Å². The lowest BCUT2D eigenvalue weighted by molar-refractivity contribution is 0.359. The van der Waals surface area contributed by atoms with Crippen molar-refractivity contribution < 1.29 is 9.47 Å². The molecule has 0 spiro atoms. The Morgan fingerprint density at radius 1 is 1.10 bits per heavy atom. The molecule has 0 saturated heterocycles. The third-order valence-electron chi connectivity index (χ3n) is 2.87. The van der Waals surface area contributed by atoms with Crippen molar-refractivity contribution in [2.45, 2.75) is 20.8 Å². The highest BCUT2D eigenvalue weighted by molar-refractivity contribution is 5.40. The Bertz CT molecular complexity index is 602. The maximum Gasteiger partial charge on any atom is 0.330 e. The van der Waals surface area contributed by atoms with Crippen LogP contribution in [0.3, 0.4) is 0 Å². The van der Waals surface area contributed by atoms with Gasteiger partial charge in [-0.3, -0.25) is 0 Å². The van der Waals surface area contributed by atoms with E-state index in [0.717, 1.165) is 16.9 Å². The fourth-order valence-corrected chi connectivity index (χ4v) is 1.65. The molecule has 0 radical (unpaired) electrons. The fraction of sp³-hybridized carbons (Fsp3) is 0.357. The molecule has 1 aromatic carbocycles. The summed E-state index contributed by atoms with van der Waals surface area (Å²) in [7, 11) is 1.51. The van der Waals surface area contributed by atoms with Crippen LogP contribution in [0.1, 0.15) is 18.1 Å². The second kappa shape index (κ2) is 6.18. The van der Waals surface area contributed by atoms with Gasteiger partial charge in [0.1, 0.15) is 5.75 Å². The first kappa shape index (κ1) is 14.0. The number of anilines is 1. The van der Waals surface area contributed by atoms with Crippen LogP contribution in [0.4, 0.5) is 5.95 Å². The first-order valence-corrected chi connectivity index (χ1v) is 6.42. The largest absolute Gasteiger partial charge is 0.467 e. The molecule has 0 saturated carbocycles. The molecule has 6 nitrogen and oxygen atoms in total. The minimum Gasteiger partial charge on any atom is -0.467 e. The molecule has 0 bridgehead atoms. The standard InChI is InChI=1S/C14H18N4O2/c1-5-15-12-16-13(19-4)18-14(17-12)20-11-8-6-7-9(2)10(11)3/h6-8H,5H2,1-4H3,(H,15,16,17,18). The first-order valence-electron chi connectivity index (χ1n) is 6.42. The molecule has 6 heteroatoms. The molecule has 0 atom stereocenters. The van der Waals surface area contributed by atoms with Crippen LogP contribution in [0.5, 0.6) is 17.8 Å². The van der Waals surface area contributed by atoms with E-state index >= 15 is 0 Å². The van der Waals surface area contributed by atoms with E-state index in [0.29, 0.717) is 12.5 Å². The zero-order valence-electron chi connectivity index (χ0n) is 12.1. The zero-order chi connectivity index (χ0) is 14.5. The molecule has 0 aliphatic carbocycles. The number of methoxy groups -OCH3 is 1. The maximum atomic E-state index is 5.74. The smallest absolute Gasteiger partial charge is 0.330 e. The van der Waals surface area contributed by atoms with E-state index in [2.05, 4.69) is 20.3 Å². The Hall–Kier alpha value is -2.37. The van der Waals surface area contributed by atoms with Crippen molar-refractivity contribution in [2.24, 2.45) is 0 Å². The van der Waals surface area contributed by atoms with Crippen molar-refractivity contribution >= 4 is 5.95 Å². The molecular weight excluding hydrogens is 256 g/mol. The number of rotatable bonds is 5. The normalized spacial score (nSPS) is 10.2. The summed E-state index contributed by atoms with van der Waals surface area (Å²) < 4.78 is 10.8. The molecule has 2 aromatic rings. The van der Waals surface area contributed by atoms with Gasteiger partial charge in [0.25, 0.3) is 0 Å². The summed E-state index contributed by atoms with van der Waals surface area (Å²) in [6.07, 6.45) is 0. The van der Waals surface area contributed by atoms with Gasteiger partial charge in [-0.2, -0.15) is 9.97 Å². The van der Waals surface area contributed by atoms with E-state index in [-0.39, 0.29) is 12.0 Å². The van der Waals surface area contributed by atoms with Gasteiger partial charge in [0, 0.05) is 6.54 Å². The Balaban J connectivity index is 2.32. The Morgan fingerprint density at radius 2 is 1.85 bits per heavy atom. The highest BCUT2D eigenvalue weighted by Crippen LogP contribution is 2.25. The summed E-state index contributed by atoms with van der Waals surface area (Å²) in [6, 6.07) is 6.27. The van der Waals surface area contributed by atoms with Gasteiger partial charge in [-0.05, 0) is 38.0 Å². The topological polar surface area (TPSA) is 69.2 Å². The highest BCUT2D eigenvalue weighted by atomic mass is 16.5. The van der Waals surface area contributed by atoms with Gasteiger partial charge in [-0.25, -0.2) is 0 Å². The van der Waals surface area contributed by atoms with Crippen LogP contribution < -0.4 is 14.8 Å². The predicted octanol–water partition coefficient (Wildman–Crippen LogP) is 2.72. The molecular formula is C14H18N4O2. The molecule has 20 heavy (non-hydrogen) atoms. The highest BCUT2D eigenvalue weighted by Gasteiger charge is 2.10. The molecule has 0 aliphatic rings. The number of aryl methyl sites for hydroxylation is 1. The van der Waals surface area contributed by atoms with E-state index in [9.17, 15) is 0 Å². The van der Waals surface area contributed by atoms with Crippen LogP contribution in [-0.2, 0) is 0 Å². The molecule has 106 valence electrons. The quantitative estimate of drug-likeness (QED) is 0.904. The van der Waals surface area contributed by atoms with E-state index in [1.807, 2.05) is 39.0 Å². The van der Waals surface area contributed by atoms with Gasteiger partial charge in [0.15, 0.2) is 0 Å². The van der Waals surface area contributed by atoms with Gasteiger partial charge >= 0.3 is 12.0 Å². The minimum atomic E-state index is 0.210. The summed E-state index contributed by atoms with van der Waals surface area (Å²) in [5, 5.41) is 3.01. The molecule has 1 heterocycles. The summed E-state index contributed by atoms with van der Waals surface area (Å²) in [5.41, 5.74) is 2.20. The van der Waals surface area contributed by atoms with Crippen LogP contribution in [-0.4, -0.2) is 28.6 Å². The Labute approximate surface area is 118 Å². The second-order valence-corrected chi connectivity index (χ2v) is 4.26. The number of hydrogen-bond donors (Lipinski definition) is 1. The number of benzene rings is 1. The first-order chi connectivity index (χ1) is 9.63. The van der Waals surface area contributed by atoms with Crippen molar-refractivity contribution in [3.63, 3.8) is 0 Å². The van der Waals surface area contributed by atoms with E-state index in [1.54, 1.807) is 0 Å². The van der Waals surface area contributed by atoms with E-state index < -0.39 is 0 Å². The lowest BCUT2D eigenvalue weighted by Crippen LogP contribution is -2.06. The van der Waals surface area contributed by atoms with Crippen molar-refractivity contribution in [3.8, 4) is 17.8 Å². The predicted molar refractivity (Wildman–Crippen MR) is 76.5 cm³/mol. The summed E-state index contributed by atoms with van der Waals surface area (Å²) in [6.45, 7) is 6.69. The van der Waals surface area contributed by atoms with E-state index in [4.69, 9.17) is 9.47 Å². The molecule has 1 N–H and O–H groups in total. The Morgan fingerprint density at radius 3 is 2.55 bits per heavy atom. The maximum absolute atomic E-state index is 5.74. The third kappa shape index (κ3) is 3.14. The monoisotopic (exact) mass is 274 g/mol. The van der Waals surface area contributed by atoms with Gasteiger partial charge in [0.05, 0.1) is 7.11 Å². The molecule has 2 rings (SSSR count). The number of nitrogens with one attached hydrogen (secondary N) is 1. The van der Waals surface area contributed by atoms with Gasteiger partial charge in [0.2, 0.25) is 5.95 Å². The number of aromatic nitrogens is 3. The van der Waals surface area contributed by atoms with Crippen molar-refractivity contribution in [1.82, 2.24) is 15.0 Å². The SMILES string of the molecule is CCNc1nc(OC)nc(Oc2cccc(C)c2C)n1. The van der Waals surface area contributed by atoms with Crippen LogP contribution >= 0.6 is 0 Å². The minimum absolute atomic E-state index is 0.210. The fourth-order valence-electron chi connectivity index (χ4n) is 1.65. The van der Waals surface area contributed by atoms with Crippen LogP contribution in [0.25, 0.3) is 0 Å². The van der Waals surface area contributed by atoms with E-state index in [1.165, 1.54) is 7.11 Å². The summed E-state index contributed by atoms with van der Waals surface area (Å²) in [5.74, 6) is 1.15. The van der Waals surface area contributed by atoms with Crippen molar-refractivity contribution in [3.05, 3.63) is 29.3 Å². The number of hydrogen-bond acceptors (Lipinski definition) is 6. The summed E-state index contributed by atoms with van der Waals surface area (Å²) in [4.78, 5) is 12.4. The molecule has 0 amide bonds. The molecule has 1 aromatic heterocycles. The lowest BCUT2D eigenvalue weighted by atomic mass is 10.1.